The summed E-state index contributed by atoms with van der Waals surface area (Å²) in [7, 11) is 3.27. The van der Waals surface area contributed by atoms with Crippen molar-refractivity contribution in [2.75, 3.05) is 20.8 Å². The van der Waals surface area contributed by atoms with Crippen LogP contribution in [-0.4, -0.2) is 41.5 Å². The Morgan fingerprint density at radius 3 is 2.72 bits per heavy atom. The predicted octanol–water partition coefficient (Wildman–Crippen LogP) is 2.38. The van der Waals surface area contributed by atoms with Crippen molar-refractivity contribution in [2.24, 2.45) is 0 Å². The van der Waals surface area contributed by atoms with Gasteiger partial charge in [-0.05, 0) is 18.2 Å². The molecule has 6 heteroatoms. The normalized spacial score (nSPS) is 12.1. The Bertz CT molecular complexity index is 937. The van der Waals surface area contributed by atoms with Crippen LogP contribution in [0, 0.1) is 0 Å². The highest BCUT2D eigenvalue weighted by Crippen LogP contribution is 2.22. The maximum Gasteiger partial charge on any atom is 0.255 e. The van der Waals surface area contributed by atoms with Gasteiger partial charge in [0, 0.05) is 37.3 Å². The Hall–Kier alpha value is -2.99. The van der Waals surface area contributed by atoms with E-state index >= 15 is 0 Å². The molecule has 0 aliphatic rings. The summed E-state index contributed by atoms with van der Waals surface area (Å²) in [5.74, 6) is -0.255. The number of H-pyrrole nitrogens is 1. The molecule has 0 saturated carbocycles. The lowest BCUT2D eigenvalue weighted by atomic mass is 10.1. The van der Waals surface area contributed by atoms with E-state index in [9.17, 15) is 9.59 Å². The zero-order chi connectivity index (χ0) is 17.8. The van der Waals surface area contributed by atoms with Gasteiger partial charge in [-0.3, -0.25) is 14.6 Å². The number of aromatic amines is 1. The molecule has 0 aliphatic carbocycles. The summed E-state index contributed by atoms with van der Waals surface area (Å²) < 4.78 is 5.27. The van der Waals surface area contributed by atoms with Crippen LogP contribution in [0.3, 0.4) is 0 Å². The summed E-state index contributed by atoms with van der Waals surface area (Å²) in [5.41, 5.74) is 1.41. The number of benzene rings is 1. The van der Waals surface area contributed by atoms with Crippen LogP contribution in [0.5, 0.6) is 0 Å². The van der Waals surface area contributed by atoms with Crippen molar-refractivity contribution >= 4 is 16.8 Å². The minimum atomic E-state index is -0.350. The molecule has 6 nitrogen and oxygen atoms in total. The van der Waals surface area contributed by atoms with Gasteiger partial charge in [0.25, 0.3) is 5.91 Å². The number of carbonyl (C=O) groups is 1. The number of nitrogens with zero attached hydrogens (tertiary/aromatic N) is 2. The van der Waals surface area contributed by atoms with Gasteiger partial charge in [-0.15, -0.1) is 0 Å². The average Bonchev–Trinajstić information content (AvgIpc) is 2.65. The lowest BCUT2D eigenvalue weighted by Crippen LogP contribution is -2.35. The van der Waals surface area contributed by atoms with E-state index in [4.69, 9.17) is 4.74 Å². The fourth-order valence-corrected chi connectivity index (χ4v) is 2.84. The third-order valence-corrected chi connectivity index (χ3v) is 4.12. The van der Waals surface area contributed by atoms with Gasteiger partial charge in [0.05, 0.1) is 23.9 Å². The Kier molecular flexibility index (Phi) is 4.90. The number of aromatic nitrogens is 2. The molecule has 0 spiro atoms. The first-order chi connectivity index (χ1) is 12.1. The minimum Gasteiger partial charge on any atom is -0.382 e. The van der Waals surface area contributed by atoms with Gasteiger partial charge in [-0.1, -0.05) is 24.3 Å². The summed E-state index contributed by atoms with van der Waals surface area (Å²) in [4.78, 5) is 33.7. The lowest BCUT2D eigenvalue weighted by Gasteiger charge is -2.27. The molecule has 25 heavy (non-hydrogen) atoms. The van der Waals surface area contributed by atoms with Crippen molar-refractivity contribution in [1.82, 2.24) is 14.9 Å². The molecule has 0 bridgehead atoms. The van der Waals surface area contributed by atoms with Gasteiger partial charge < -0.3 is 14.6 Å². The van der Waals surface area contributed by atoms with E-state index in [-0.39, 0.29) is 17.5 Å². The number of hydrogen-bond donors (Lipinski definition) is 1. The van der Waals surface area contributed by atoms with E-state index in [1.807, 2.05) is 36.4 Å². The zero-order valence-electron chi connectivity index (χ0n) is 14.1. The fourth-order valence-electron chi connectivity index (χ4n) is 2.84. The Morgan fingerprint density at radius 1 is 1.24 bits per heavy atom. The van der Waals surface area contributed by atoms with Crippen molar-refractivity contribution in [3.63, 3.8) is 0 Å². The monoisotopic (exact) mass is 337 g/mol. The lowest BCUT2D eigenvalue weighted by molar-refractivity contribution is 0.0596. The summed E-state index contributed by atoms with van der Waals surface area (Å²) in [5, 5.41) is 0.705. The highest BCUT2D eigenvalue weighted by Gasteiger charge is 2.25. The number of rotatable bonds is 5. The van der Waals surface area contributed by atoms with Gasteiger partial charge in [0.2, 0.25) is 5.56 Å². The molecule has 1 N–H and O–H groups in total. The molecule has 1 atom stereocenters. The van der Waals surface area contributed by atoms with Crippen LogP contribution in [0.4, 0.5) is 0 Å². The number of likely N-dealkylation sites (N-methyl/N-ethyl adjacent to an activating group) is 1. The van der Waals surface area contributed by atoms with Crippen LogP contribution < -0.4 is 5.56 Å². The minimum absolute atomic E-state index is 0.255. The molecule has 2 heterocycles. The largest absolute Gasteiger partial charge is 0.382 e. The first-order valence-corrected chi connectivity index (χ1v) is 7.91. The van der Waals surface area contributed by atoms with E-state index < -0.39 is 0 Å². The Balaban J connectivity index is 2.03. The maximum atomic E-state index is 13.1. The topological polar surface area (TPSA) is 75.3 Å². The summed E-state index contributed by atoms with van der Waals surface area (Å²) in [6, 6.07) is 13.8. The SMILES string of the molecule is COCC(c1ccccn1)N(C)C(=O)c1cc(=O)[nH]c2ccccc12. The first-order valence-electron chi connectivity index (χ1n) is 7.91. The van der Waals surface area contributed by atoms with E-state index in [1.165, 1.54) is 6.07 Å². The molecule has 128 valence electrons. The van der Waals surface area contributed by atoms with Crippen molar-refractivity contribution in [3.05, 3.63) is 76.3 Å². The van der Waals surface area contributed by atoms with Crippen LogP contribution in [0.15, 0.2) is 59.5 Å². The number of ether oxygens (including phenoxy) is 1. The summed E-state index contributed by atoms with van der Waals surface area (Å²) in [6.07, 6.45) is 1.68. The first kappa shape index (κ1) is 16.9. The molecule has 0 fully saturated rings. The fraction of sp³-hybridized carbons (Fsp3) is 0.211. The van der Waals surface area contributed by atoms with Crippen LogP contribution >= 0.6 is 0 Å². The van der Waals surface area contributed by atoms with E-state index in [2.05, 4.69) is 9.97 Å². The van der Waals surface area contributed by atoms with Gasteiger partial charge in [0.1, 0.15) is 0 Å². The molecule has 0 saturated heterocycles. The number of fused-ring (bicyclic) bond motifs is 1. The van der Waals surface area contributed by atoms with Gasteiger partial charge in [0.15, 0.2) is 0 Å². The molecular formula is C19H19N3O3. The van der Waals surface area contributed by atoms with Crippen molar-refractivity contribution in [2.45, 2.75) is 6.04 Å². The molecule has 1 unspecified atom stereocenters. The quantitative estimate of drug-likeness (QED) is 0.776. The number of nitrogens with one attached hydrogen (secondary N) is 1. The second-order valence-corrected chi connectivity index (χ2v) is 5.73. The summed E-state index contributed by atoms with van der Waals surface area (Å²) >= 11 is 0. The van der Waals surface area contributed by atoms with Gasteiger partial charge >= 0.3 is 0 Å². The van der Waals surface area contributed by atoms with Crippen LogP contribution in [0.1, 0.15) is 22.1 Å². The second kappa shape index (κ2) is 7.27. The van der Waals surface area contributed by atoms with E-state index in [0.29, 0.717) is 23.1 Å². The molecule has 0 radical (unpaired) electrons. The molecule has 1 aromatic carbocycles. The highest BCUT2D eigenvalue weighted by molar-refractivity contribution is 6.05. The number of para-hydroxylation sites is 1. The number of methoxy groups -OCH3 is 1. The van der Waals surface area contributed by atoms with E-state index in [1.54, 1.807) is 31.3 Å². The van der Waals surface area contributed by atoms with Gasteiger partial charge in [-0.25, -0.2) is 0 Å². The number of hydrogen-bond acceptors (Lipinski definition) is 4. The number of carbonyl (C=O) groups excluding carboxylic acids is 1. The van der Waals surface area contributed by atoms with Gasteiger partial charge in [-0.2, -0.15) is 0 Å². The standard InChI is InChI=1S/C19H19N3O3/c1-22(17(12-25-2)16-9-5-6-10-20-16)19(24)14-11-18(23)21-15-8-4-3-7-13(14)15/h3-11,17H,12H2,1-2H3,(H,21,23). The van der Waals surface area contributed by atoms with E-state index in [0.717, 1.165) is 5.69 Å². The molecular weight excluding hydrogens is 318 g/mol. The third kappa shape index (κ3) is 3.44. The highest BCUT2D eigenvalue weighted by atomic mass is 16.5. The molecule has 1 amide bonds. The second-order valence-electron chi connectivity index (χ2n) is 5.73. The van der Waals surface area contributed by atoms with Crippen molar-refractivity contribution in [1.29, 1.82) is 0 Å². The van der Waals surface area contributed by atoms with Crippen molar-refractivity contribution < 1.29 is 9.53 Å². The smallest absolute Gasteiger partial charge is 0.255 e. The Morgan fingerprint density at radius 2 is 2.00 bits per heavy atom. The Labute approximate surface area is 145 Å². The summed E-state index contributed by atoms with van der Waals surface area (Å²) in [6.45, 7) is 0.306. The number of amides is 1. The zero-order valence-corrected chi connectivity index (χ0v) is 14.1. The maximum absolute atomic E-state index is 13.1. The molecule has 3 aromatic rings. The van der Waals surface area contributed by atoms with Crippen LogP contribution in [0.25, 0.3) is 10.9 Å². The van der Waals surface area contributed by atoms with Crippen LogP contribution in [-0.2, 0) is 4.74 Å². The predicted molar refractivity (Wildman–Crippen MR) is 95.5 cm³/mol. The molecule has 3 rings (SSSR count). The van der Waals surface area contributed by atoms with Crippen LogP contribution in [0.2, 0.25) is 0 Å². The average molecular weight is 337 g/mol. The molecule has 0 aliphatic heterocycles. The number of pyridine rings is 2. The molecule has 2 aromatic heterocycles. The third-order valence-electron chi connectivity index (χ3n) is 4.12. The van der Waals surface area contributed by atoms with Crippen molar-refractivity contribution in [3.8, 4) is 0 Å².